The molecule has 0 spiro atoms. The molecular weight excluding hydrogens is 278 g/mol. The lowest BCUT2D eigenvalue weighted by atomic mass is 10.0. The molecule has 0 radical (unpaired) electrons. The van der Waals surface area contributed by atoms with Gasteiger partial charge >= 0.3 is 0 Å². The van der Waals surface area contributed by atoms with Gasteiger partial charge in [0.25, 0.3) is 0 Å². The molecule has 0 amide bonds. The van der Waals surface area contributed by atoms with Crippen LogP contribution in [0.5, 0.6) is 0 Å². The van der Waals surface area contributed by atoms with Crippen LogP contribution in [0.3, 0.4) is 0 Å². The maximum atomic E-state index is 12.2. The molecule has 0 aliphatic heterocycles. The predicted octanol–water partition coefficient (Wildman–Crippen LogP) is 4.23. The topological polar surface area (TPSA) is 29.1 Å². The summed E-state index contributed by atoms with van der Waals surface area (Å²) in [6, 6.07) is 9.06. The highest BCUT2D eigenvalue weighted by molar-refractivity contribution is 7.85. The Morgan fingerprint density at radius 1 is 1.05 bits per heavy atom. The van der Waals surface area contributed by atoms with E-state index in [0.29, 0.717) is 0 Å². The van der Waals surface area contributed by atoms with E-state index < -0.39 is 10.8 Å². The minimum atomic E-state index is -0.725. The van der Waals surface area contributed by atoms with Crippen LogP contribution in [0, 0.1) is 0 Å². The van der Waals surface area contributed by atoms with Crippen molar-refractivity contribution in [1.29, 1.82) is 0 Å². The molecule has 2 nitrogen and oxygen atoms in total. The number of hydrogen-bond donors (Lipinski definition) is 1. The van der Waals surface area contributed by atoms with Crippen LogP contribution >= 0.6 is 0 Å². The van der Waals surface area contributed by atoms with Crippen LogP contribution in [0.4, 0.5) is 0 Å². The van der Waals surface area contributed by atoms with Gasteiger partial charge in [0.2, 0.25) is 0 Å². The molecule has 0 aliphatic rings. The third-order valence-electron chi connectivity index (χ3n) is 3.64. The van der Waals surface area contributed by atoms with Crippen LogP contribution in [-0.4, -0.2) is 22.3 Å². The molecule has 1 aromatic carbocycles. The number of aryl methyl sites for hydroxylation is 1. The molecule has 0 heterocycles. The summed E-state index contributed by atoms with van der Waals surface area (Å²) in [5.41, 5.74) is 2.66. The SMILES string of the molecule is CCCCS(=O)CC(NCCC)c1ccc(CCC)cc1. The molecule has 2 unspecified atom stereocenters. The fourth-order valence-electron chi connectivity index (χ4n) is 2.37. The average Bonchev–Trinajstić information content (AvgIpc) is 2.50. The maximum Gasteiger partial charge on any atom is 0.0436 e. The van der Waals surface area contributed by atoms with Gasteiger partial charge in [0.15, 0.2) is 0 Å². The van der Waals surface area contributed by atoms with Gasteiger partial charge in [0, 0.05) is 28.3 Å². The summed E-state index contributed by atoms with van der Waals surface area (Å²) in [7, 11) is -0.725. The molecule has 2 atom stereocenters. The minimum absolute atomic E-state index is 0.221. The molecule has 1 N–H and O–H groups in total. The van der Waals surface area contributed by atoms with E-state index in [0.717, 1.165) is 43.7 Å². The van der Waals surface area contributed by atoms with Crippen molar-refractivity contribution in [2.24, 2.45) is 0 Å². The van der Waals surface area contributed by atoms with Gasteiger partial charge in [0.1, 0.15) is 0 Å². The van der Waals surface area contributed by atoms with E-state index in [1.54, 1.807) is 0 Å². The van der Waals surface area contributed by atoms with Crippen molar-refractivity contribution in [2.75, 3.05) is 18.1 Å². The molecule has 120 valence electrons. The highest BCUT2D eigenvalue weighted by atomic mass is 32.2. The van der Waals surface area contributed by atoms with E-state index in [9.17, 15) is 4.21 Å². The number of nitrogens with one attached hydrogen (secondary N) is 1. The van der Waals surface area contributed by atoms with E-state index >= 15 is 0 Å². The average molecular weight is 310 g/mol. The molecule has 0 saturated heterocycles. The molecule has 0 bridgehead atoms. The molecule has 0 aromatic heterocycles. The number of benzene rings is 1. The van der Waals surface area contributed by atoms with E-state index in [1.165, 1.54) is 17.5 Å². The van der Waals surface area contributed by atoms with Gasteiger partial charge in [-0.3, -0.25) is 4.21 Å². The van der Waals surface area contributed by atoms with Gasteiger partial charge in [-0.05, 0) is 36.9 Å². The summed E-state index contributed by atoms with van der Waals surface area (Å²) in [6.07, 6.45) is 5.59. The Morgan fingerprint density at radius 2 is 1.76 bits per heavy atom. The van der Waals surface area contributed by atoms with Gasteiger partial charge in [-0.25, -0.2) is 0 Å². The second kappa shape index (κ2) is 11.0. The summed E-state index contributed by atoms with van der Waals surface area (Å²) in [5, 5.41) is 3.55. The zero-order chi connectivity index (χ0) is 15.5. The summed E-state index contributed by atoms with van der Waals surface area (Å²) in [6.45, 7) is 7.50. The van der Waals surface area contributed by atoms with Crippen LogP contribution in [0.15, 0.2) is 24.3 Å². The third kappa shape index (κ3) is 7.23. The first kappa shape index (κ1) is 18.4. The summed E-state index contributed by atoms with van der Waals surface area (Å²) in [4.78, 5) is 0. The summed E-state index contributed by atoms with van der Waals surface area (Å²) in [5.74, 6) is 1.56. The van der Waals surface area contributed by atoms with Crippen molar-refractivity contribution in [3.63, 3.8) is 0 Å². The second-order valence-electron chi connectivity index (χ2n) is 5.66. The van der Waals surface area contributed by atoms with Crippen molar-refractivity contribution >= 4 is 10.8 Å². The van der Waals surface area contributed by atoms with Crippen molar-refractivity contribution in [3.05, 3.63) is 35.4 Å². The molecule has 1 aromatic rings. The Kier molecular flexibility index (Phi) is 9.60. The first-order valence-corrected chi connectivity index (χ1v) is 9.87. The number of hydrogen-bond acceptors (Lipinski definition) is 2. The zero-order valence-electron chi connectivity index (χ0n) is 13.9. The summed E-state index contributed by atoms with van der Waals surface area (Å²) < 4.78 is 12.2. The van der Waals surface area contributed by atoms with E-state index in [1.807, 2.05) is 0 Å². The Morgan fingerprint density at radius 3 is 2.33 bits per heavy atom. The lowest BCUT2D eigenvalue weighted by molar-refractivity contribution is 0.569. The van der Waals surface area contributed by atoms with Crippen molar-refractivity contribution in [2.45, 2.75) is 58.9 Å². The zero-order valence-corrected chi connectivity index (χ0v) is 14.7. The molecule has 0 saturated carbocycles. The number of unbranched alkanes of at least 4 members (excludes halogenated alkanes) is 1. The van der Waals surface area contributed by atoms with Crippen molar-refractivity contribution in [1.82, 2.24) is 5.32 Å². The Balaban J connectivity index is 2.68. The largest absolute Gasteiger partial charge is 0.309 e. The fraction of sp³-hybridized carbons (Fsp3) is 0.667. The molecule has 0 aliphatic carbocycles. The predicted molar refractivity (Wildman–Crippen MR) is 94.3 cm³/mol. The van der Waals surface area contributed by atoms with Gasteiger partial charge in [-0.2, -0.15) is 0 Å². The van der Waals surface area contributed by atoms with E-state index in [4.69, 9.17) is 0 Å². The van der Waals surface area contributed by atoms with Crippen LogP contribution in [0.1, 0.15) is 63.6 Å². The first-order valence-electron chi connectivity index (χ1n) is 8.38. The molecule has 21 heavy (non-hydrogen) atoms. The van der Waals surface area contributed by atoms with E-state index in [2.05, 4.69) is 50.4 Å². The van der Waals surface area contributed by atoms with Crippen molar-refractivity contribution in [3.8, 4) is 0 Å². The van der Waals surface area contributed by atoms with Gasteiger partial charge in [-0.15, -0.1) is 0 Å². The molecular formula is C18H31NOS. The standard InChI is InChI=1S/C18H31NOS/c1-4-7-14-21(20)15-18(19-13-6-3)17-11-9-16(8-5-2)10-12-17/h9-12,18-19H,4-8,13-15H2,1-3H3. The highest BCUT2D eigenvalue weighted by Crippen LogP contribution is 2.17. The van der Waals surface area contributed by atoms with Crippen LogP contribution in [0.2, 0.25) is 0 Å². The number of rotatable bonds is 11. The Bertz CT molecular complexity index is 402. The lowest BCUT2D eigenvalue weighted by Gasteiger charge is -2.19. The van der Waals surface area contributed by atoms with Crippen LogP contribution in [0.25, 0.3) is 0 Å². The molecule has 3 heteroatoms. The van der Waals surface area contributed by atoms with Crippen LogP contribution in [-0.2, 0) is 17.2 Å². The highest BCUT2D eigenvalue weighted by Gasteiger charge is 2.14. The normalized spacial score (nSPS) is 14.0. The first-order chi connectivity index (χ1) is 10.2. The van der Waals surface area contributed by atoms with E-state index in [-0.39, 0.29) is 6.04 Å². The lowest BCUT2D eigenvalue weighted by Crippen LogP contribution is -2.27. The Labute approximate surface area is 133 Å². The molecule has 0 fully saturated rings. The molecule has 1 rings (SSSR count). The minimum Gasteiger partial charge on any atom is -0.309 e. The van der Waals surface area contributed by atoms with Gasteiger partial charge < -0.3 is 5.32 Å². The monoisotopic (exact) mass is 309 g/mol. The van der Waals surface area contributed by atoms with Gasteiger partial charge in [-0.1, -0.05) is 57.9 Å². The maximum absolute atomic E-state index is 12.2. The third-order valence-corrected chi connectivity index (χ3v) is 5.09. The van der Waals surface area contributed by atoms with Gasteiger partial charge in [0.05, 0.1) is 0 Å². The summed E-state index contributed by atoms with van der Waals surface area (Å²) >= 11 is 0. The van der Waals surface area contributed by atoms with Crippen LogP contribution < -0.4 is 5.32 Å². The smallest absolute Gasteiger partial charge is 0.0436 e. The Hall–Kier alpha value is -0.670. The fourth-order valence-corrected chi connectivity index (χ4v) is 3.83. The quantitative estimate of drug-likeness (QED) is 0.663. The second-order valence-corrected chi connectivity index (χ2v) is 7.28. The van der Waals surface area contributed by atoms with Crippen molar-refractivity contribution < 1.29 is 4.21 Å².